The second kappa shape index (κ2) is 15.2. The number of hydrogen-bond acceptors (Lipinski definition) is 8. The molecule has 0 saturated carbocycles. The van der Waals surface area contributed by atoms with Crippen LogP contribution in [0.5, 0.6) is 0 Å². The van der Waals surface area contributed by atoms with Crippen molar-refractivity contribution in [3.05, 3.63) is 65.2 Å². The highest BCUT2D eigenvalue weighted by Crippen LogP contribution is 2.32. The van der Waals surface area contributed by atoms with Crippen molar-refractivity contribution in [1.82, 2.24) is 10.2 Å². The second-order valence-corrected chi connectivity index (χ2v) is 9.80. The van der Waals surface area contributed by atoms with Crippen molar-refractivity contribution < 1.29 is 38.2 Å². The highest BCUT2D eigenvalue weighted by Gasteiger charge is 2.45. The molecular weight excluding hydrogens is 530 g/mol. The molecule has 11 nitrogen and oxygen atoms in total. The van der Waals surface area contributed by atoms with E-state index in [-0.39, 0.29) is 42.0 Å². The number of ether oxygens (including phenoxy) is 3. The lowest BCUT2D eigenvalue weighted by molar-refractivity contribution is -0.136. The number of unbranched alkanes of at least 4 members (excludes halogenated alkanes) is 2. The average molecular weight is 566 g/mol. The van der Waals surface area contributed by atoms with Crippen molar-refractivity contribution in [2.45, 2.75) is 51.2 Å². The number of imide groups is 2. The zero-order valence-corrected chi connectivity index (χ0v) is 22.9. The number of carbonyl (C=O) groups is 5. The van der Waals surface area contributed by atoms with Crippen LogP contribution >= 0.6 is 0 Å². The number of nitrogens with zero attached hydrogens (tertiary/aromatic N) is 1. The molecule has 2 aliphatic rings. The van der Waals surface area contributed by atoms with Gasteiger partial charge in [0.15, 0.2) is 0 Å². The van der Waals surface area contributed by atoms with Gasteiger partial charge in [0.2, 0.25) is 17.7 Å². The van der Waals surface area contributed by atoms with Crippen molar-refractivity contribution in [3.8, 4) is 0 Å². The molecule has 2 aliphatic heterocycles. The van der Waals surface area contributed by atoms with Gasteiger partial charge in [-0.05, 0) is 37.0 Å². The van der Waals surface area contributed by atoms with E-state index in [1.54, 1.807) is 12.1 Å². The number of fused-ring (bicyclic) bond motifs is 1. The predicted molar refractivity (Wildman–Crippen MR) is 148 cm³/mol. The molecule has 0 spiro atoms. The third-order valence-corrected chi connectivity index (χ3v) is 6.79. The van der Waals surface area contributed by atoms with Gasteiger partial charge in [-0.25, -0.2) is 0 Å². The third-order valence-electron chi connectivity index (χ3n) is 6.79. The van der Waals surface area contributed by atoms with E-state index in [0.29, 0.717) is 46.1 Å². The highest BCUT2D eigenvalue weighted by molar-refractivity contribution is 6.26. The van der Waals surface area contributed by atoms with Gasteiger partial charge in [-0.2, -0.15) is 0 Å². The zero-order chi connectivity index (χ0) is 29.0. The molecule has 1 atom stereocenters. The Hall–Kier alpha value is -3.93. The Labute approximate surface area is 238 Å². The summed E-state index contributed by atoms with van der Waals surface area (Å²) < 4.78 is 16.6. The number of amides is 5. The van der Waals surface area contributed by atoms with Crippen LogP contribution in [-0.2, 0) is 35.2 Å². The molecule has 0 bridgehead atoms. The molecule has 0 aliphatic carbocycles. The number of rotatable bonds is 16. The number of piperidine rings is 1. The summed E-state index contributed by atoms with van der Waals surface area (Å²) in [5, 5.41) is 4.90. The summed E-state index contributed by atoms with van der Waals surface area (Å²) in [5.41, 5.74) is 1.54. The quantitative estimate of drug-likeness (QED) is 0.234. The summed E-state index contributed by atoms with van der Waals surface area (Å²) in [4.78, 5) is 63.2. The summed E-state index contributed by atoms with van der Waals surface area (Å²) in [6.45, 7) is 3.12. The van der Waals surface area contributed by atoms with Gasteiger partial charge in [-0.3, -0.25) is 34.2 Å². The van der Waals surface area contributed by atoms with Gasteiger partial charge in [-0.1, -0.05) is 42.8 Å². The first kappa shape index (κ1) is 30.0. The zero-order valence-electron chi connectivity index (χ0n) is 22.9. The Kier molecular flexibility index (Phi) is 11.1. The van der Waals surface area contributed by atoms with Gasteiger partial charge >= 0.3 is 0 Å². The topological polar surface area (TPSA) is 140 Å². The monoisotopic (exact) mass is 565 g/mol. The Morgan fingerprint density at radius 1 is 0.829 bits per heavy atom. The Bertz CT molecular complexity index is 1250. The lowest BCUT2D eigenvalue weighted by Crippen LogP contribution is -2.54. The average Bonchev–Trinajstić information content (AvgIpc) is 3.22. The van der Waals surface area contributed by atoms with Crippen molar-refractivity contribution in [2.24, 2.45) is 0 Å². The SMILES string of the molecule is O=C1CCC(N2C(=O)c3cccc(NC(=O)CCCCCOCCOCCOCc4ccccc4)c3C2=O)C(=O)N1. The van der Waals surface area contributed by atoms with Gasteiger partial charge in [0.25, 0.3) is 11.8 Å². The number of benzene rings is 2. The van der Waals surface area contributed by atoms with E-state index < -0.39 is 29.7 Å². The maximum Gasteiger partial charge on any atom is 0.264 e. The van der Waals surface area contributed by atoms with E-state index in [4.69, 9.17) is 14.2 Å². The number of carbonyl (C=O) groups excluding carboxylic acids is 5. The Balaban J connectivity index is 1.08. The molecule has 0 aromatic heterocycles. The summed E-state index contributed by atoms with van der Waals surface area (Å²) in [7, 11) is 0. The Morgan fingerprint density at radius 3 is 2.32 bits per heavy atom. The number of anilines is 1. The molecule has 5 amide bonds. The fourth-order valence-corrected chi connectivity index (χ4v) is 4.70. The van der Waals surface area contributed by atoms with E-state index in [0.717, 1.165) is 23.3 Å². The minimum atomic E-state index is -1.06. The number of hydrogen-bond donors (Lipinski definition) is 2. The van der Waals surface area contributed by atoms with Crippen LogP contribution in [0.1, 0.15) is 64.8 Å². The maximum atomic E-state index is 13.1. The molecular formula is C30H35N3O8. The standard InChI is InChI=1S/C30H35N3O8/c34-25(12-5-2-6-15-39-16-17-40-18-19-41-20-21-8-3-1-4-9-21)31-23-11-7-10-22-27(23)30(38)33(29(22)37)24-13-14-26(35)32-28(24)36/h1,3-4,7-11,24H,2,5-6,12-20H2,(H,31,34)(H,32,35,36). The van der Waals surface area contributed by atoms with E-state index >= 15 is 0 Å². The molecule has 2 N–H and O–H groups in total. The molecule has 1 fully saturated rings. The molecule has 2 aromatic rings. The van der Waals surface area contributed by atoms with E-state index in [9.17, 15) is 24.0 Å². The molecule has 218 valence electrons. The molecule has 0 radical (unpaired) electrons. The minimum absolute atomic E-state index is 0.0389. The lowest BCUT2D eigenvalue weighted by atomic mass is 10.0. The molecule has 11 heteroatoms. The molecule has 2 aromatic carbocycles. The first-order chi connectivity index (χ1) is 20.0. The van der Waals surface area contributed by atoms with Gasteiger partial charge in [-0.15, -0.1) is 0 Å². The van der Waals surface area contributed by atoms with Gasteiger partial charge in [0, 0.05) is 19.4 Å². The van der Waals surface area contributed by atoms with Crippen LogP contribution in [-0.4, -0.2) is 73.5 Å². The van der Waals surface area contributed by atoms with Crippen LogP contribution in [0.3, 0.4) is 0 Å². The van der Waals surface area contributed by atoms with Gasteiger partial charge in [0.05, 0.1) is 49.8 Å². The molecule has 1 saturated heterocycles. The second-order valence-electron chi connectivity index (χ2n) is 9.80. The largest absolute Gasteiger partial charge is 0.379 e. The van der Waals surface area contributed by atoms with Crippen LogP contribution in [0.25, 0.3) is 0 Å². The molecule has 4 rings (SSSR count). The molecule has 41 heavy (non-hydrogen) atoms. The van der Waals surface area contributed by atoms with Gasteiger partial charge in [0.1, 0.15) is 6.04 Å². The normalized spacial score (nSPS) is 16.6. The van der Waals surface area contributed by atoms with Gasteiger partial charge < -0.3 is 19.5 Å². The van der Waals surface area contributed by atoms with Crippen LogP contribution in [0.15, 0.2) is 48.5 Å². The first-order valence-corrected chi connectivity index (χ1v) is 13.9. The third kappa shape index (κ3) is 8.29. The summed E-state index contributed by atoms with van der Waals surface area (Å²) in [6, 6.07) is 13.5. The summed E-state index contributed by atoms with van der Waals surface area (Å²) in [6.07, 6.45) is 2.57. The summed E-state index contributed by atoms with van der Waals surface area (Å²) >= 11 is 0. The highest BCUT2D eigenvalue weighted by atomic mass is 16.5. The minimum Gasteiger partial charge on any atom is -0.379 e. The molecule has 2 heterocycles. The van der Waals surface area contributed by atoms with Crippen molar-refractivity contribution in [1.29, 1.82) is 0 Å². The van der Waals surface area contributed by atoms with Crippen molar-refractivity contribution in [2.75, 3.05) is 38.4 Å². The fourth-order valence-electron chi connectivity index (χ4n) is 4.70. The van der Waals surface area contributed by atoms with E-state index in [1.807, 2.05) is 30.3 Å². The molecule has 1 unspecified atom stereocenters. The maximum absolute atomic E-state index is 13.1. The number of nitrogens with one attached hydrogen (secondary N) is 2. The first-order valence-electron chi connectivity index (χ1n) is 13.9. The summed E-state index contributed by atoms with van der Waals surface area (Å²) in [5.74, 6) is -2.66. The van der Waals surface area contributed by atoms with E-state index in [2.05, 4.69) is 10.6 Å². The lowest BCUT2D eigenvalue weighted by Gasteiger charge is -2.27. The van der Waals surface area contributed by atoms with Crippen LogP contribution < -0.4 is 10.6 Å². The Morgan fingerprint density at radius 2 is 1.56 bits per heavy atom. The fraction of sp³-hybridized carbons (Fsp3) is 0.433. The van der Waals surface area contributed by atoms with Crippen LogP contribution in [0.4, 0.5) is 5.69 Å². The smallest absolute Gasteiger partial charge is 0.264 e. The predicted octanol–water partition coefficient (Wildman–Crippen LogP) is 2.84. The van der Waals surface area contributed by atoms with Crippen LogP contribution in [0, 0.1) is 0 Å². The van der Waals surface area contributed by atoms with Crippen LogP contribution in [0.2, 0.25) is 0 Å². The van der Waals surface area contributed by atoms with Crippen molar-refractivity contribution >= 4 is 35.2 Å². The van der Waals surface area contributed by atoms with E-state index in [1.165, 1.54) is 6.07 Å². The van der Waals surface area contributed by atoms with Crippen molar-refractivity contribution in [3.63, 3.8) is 0 Å².